The smallest absolute Gasteiger partial charge is 0.255 e. The van der Waals surface area contributed by atoms with Crippen molar-refractivity contribution >= 4 is 17.6 Å². The van der Waals surface area contributed by atoms with Crippen LogP contribution in [-0.2, 0) is 4.79 Å². The van der Waals surface area contributed by atoms with Gasteiger partial charge in [-0.25, -0.2) is 4.98 Å². The number of piperidine rings is 1. The van der Waals surface area contributed by atoms with E-state index in [1.807, 2.05) is 36.9 Å². The molecule has 6 nitrogen and oxygen atoms in total. The average molecular weight is 368 g/mol. The number of aromatic nitrogens is 2. The second-order valence-corrected chi connectivity index (χ2v) is 7.52. The summed E-state index contributed by atoms with van der Waals surface area (Å²) in [6.07, 6.45) is 3.01. The van der Waals surface area contributed by atoms with Crippen LogP contribution in [0.5, 0.6) is 0 Å². The minimum absolute atomic E-state index is 0.0150. The van der Waals surface area contributed by atoms with Crippen molar-refractivity contribution in [1.29, 1.82) is 0 Å². The molecule has 1 fully saturated rings. The summed E-state index contributed by atoms with van der Waals surface area (Å²) in [6.45, 7) is 9.50. The van der Waals surface area contributed by atoms with Crippen molar-refractivity contribution in [3.05, 3.63) is 47.4 Å². The van der Waals surface area contributed by atoms with Gasteiger partial charge in [-0.15, -0.1) is 0 Å². The Hall–Kier alpha value is -2.63. The number of amides is 2. The van der Waals surface area contributed by atoms with Gasteiger partial charge in [0.1, 0.15) is 5.82 Å². The number of carbonyl (C=O) groups is 2. The molecule has 1 aliphatic rings. The highest BCUT2D eigenvalue weighted by atomic mass is 16.2. The topological polar surface area (TPSA) is 67.2 Å². The van der Waals surface area contributed by atoms with E-state index in [0.717, 1.165) is 17.0 Å². The van der Waals surface area contributed by atoms with Gasteiger partial charge >= 0.3 is 0 Å². The Bertz CT molecular complexity index is 818. The van der Waals surface area contributed by atoms with Gasteiger partial charge in [-0.2, -0.15) is 0 Å². The molecule has 0 radical (unpaired) electrons. The Morgan fingerprint density at radius 3 is 2.44 bits per heavy atom. The van der Waals surface area contributed by atoms with Crippen LogP contribution in [0.3, 0.4) is 0 Å². The largest absolute Gasteiger partial charge is 0.346 e. The number of pyridine rings is 1. The van der Waals surface area contributed by atoms with E-state index in [4.69, 9.17) is 0 Å². The Morgan fingerprint density at radius 2 is 1.89 bits per heavy atom. The first-order valence-corrected chi connectivity index (χ1v) is 9.58. The molecule has 1 aliphatic heterocycles. The predicted molar refractivity (Wildman–Crippen MR) is 106 cm³/mol. The fraction of sp³-hybridized carbons (Fsp3) is 0.476. The zero-order valence-corrected chi connectivity index (χ0v) is 16.5. The second-order valence-electron chi connectivity index (χ2n) is 7.52. The molecule has 3 heterocycles. The van der Waals surface area contributed by atoms with Crippen LogP contribution in [0.25, 0.3) is 0 Å². The normalized spacial score (nSPS) is 15.2. The van der Waals surface area contributed by atoms with Gasteiger partial charge < -0.3 is 14.8 Å². The van der Waals surface area contributed by atoms with Crippen LogP contribution in [0, 0.1) is 19.8 Å². The highest BCUT2D eigenvalue weighted by Crippen LogP contribution is 2.25. The van der Waals surface area contributed by atoms with Crippen molar-refractivity contribution in [2.45, 2.75) is 46.6 Å². The molecule has 6 heteroatoms. The zero-order valence-electron chi connectivity index (χ0n) is 16.5. The number of likely N-dealkylation sites (tertiary alicyclic amines) is 1. The molecule has 27 heavy (non-hydrogen) atoms. The number of hydrogen-bond acceptors (Lipinski definition) is 3. The summed E-state index contributed by atoms with van der Waals surface area (Å²) in [7, 11) is 0. The van der Waals surface area contributed by atoms with Gasteiger partial charge in [0.05, 0.1) is 5.56 Å². The Morgan fingerprint density at radius 1 is 1.19 bits per heavy atom. The Labute approximate surface area is 160 Å². The van der Waals surface area contributed by atoms with Crippen LogP contribution >= 0.6 is 0 Å². The van der Waals surface area contributed by atoms with E-state index in [2.05, 4.69) is 28.7 Å². The minimum Gasteiger partial charge on any atom is -0.346 e. The SMILES string of the molecule is Cc1cc(C(=O)N2CCC(C(=O)Nc3ccccn3)CC2)c(C)n1C(C)C. The first-order valence-electron chi connectivity index (χ1n) is 9.58. The maximum absolute atomic E-state index is 13.0. The molecule has 0 aliphatic carbocycles. The maximum Gasteiger partial charge on any atom is 0.255 e. The lowest BCUT2D eigenvalue weighted by Gasteiger charge is -2.31. The molecule has 3 rings (SSSR count). The van der Waals surface area contributed by atoms with Crippen LogP contribution in [0.15, 0.2) is 30.5 Å². The molecule has 0 spiro atoms. The van der Waals surface area contributed by atoms with E-state index in [1.165, 1.54) is 0 Å². The van der Waals surface area contributed by atoms with E-state index < -0.39 is 0 Å². The van der Waals surface area contributed by atoms with Crippen LogP contribution < -0.4 is 5.32 Å². The summed E-state index contributed by atoms with van der Waals surface area (Å²) >= 11 is 0. The minimum atomic E-state index is -0.0841. The molecule has 0 atom stereocenters. The van der Waals surface area contributed by atoms with Crippen molar-refractivity contribution < 1.29 is 9.59 Å². The van der Waals surface area contributed by atoms with Gasteiger partial charge in [0, 0.05) is 42.6 Å². The molecule has 1 saturated heterocycles. The van der Waals surface area contributed by atoms with Crippen molar-refractivity contribution in [2.24, 2.45) is 5.92 Å². The number of anilines is 1. The molecule has 0 saturated carbocycles. The molecule has 0 aromatic carbocycles. The van der Waals surface area contributed by atoms with Crippen molar-refractivity contribution in [3.8, 4) is 0 Å². The van der Waals surface area contributed by atoms with E-state index >= 15 is 0 Å². The summed E-state index contributed by atoms with van der Waals surface area (Å²) in [5, 5.41) is 2.86. The first kappa shape index (κ1) is 19.1. The lowest BCUT2D eigenvalue weighted by Crippen LogP contribution is -2.41. The van der Waals surface area contributed by atoms with Crippen molar-refractivity contribution in [2.75, 3.05) is 18.4 Å². The third-order valence-electron chi connectivity index (χ3n) is 5.30. The number of rotatable bonds is 4. The van der Waals surface area contributed by atoms with Crippen LogP contribution in [0.1, 0.15) is 54.5 Å². The van der Waals surface area contributed by atoms with Gasteiger partial charge in [0.2, 0.25) is 5.91 Å². The zero-order chi connectivity index (χ0) is 19.6. The Balaban J connectivity index is 1.61. The molecule has 2 amide bonds. The number of nitrogens with one attached hydrogen (secondary N) is 1. The monoisotopic (exact) mass is 368 g/mol. The van der Waals surface area contributed by atoms with E-state index in [9.17, 15) is 9.59 Å². The number of aryl methyl sites for hydroxylation is 1. The third kappa shape index (κ3) is 4.04. The van der Waals surface area contributed by atoms with Crippen molar-refractivity contribution in [3.63, 3.8) is 0 Å². The van der Waals surface area contributed by atoms with Gasteiger partial charge in [-0.3, -0.25) is 9.59 Å². The summed E-state index contributed by atoms with van der Waals surface area (Å²) in [5.74, 6) is 0.540. The first-order chi connectivity index (χ1) is 12.9. The maximum atomic E-state index is 13.0. The van der Waals surface area contributed by atoms with Crippen LogP contribution in [-0.4, -0.2) is 39.4 Å². The molecular formula is C21H28N4O2. The number of nitrogens with zero attached hydrogens (tertiary/aromatic N) is 3. The third-order valence-corrected chi connectivity index (χ3v) is 5.30. The fourth-order valence-electron chi connectivity index (χ4n) is 3.97. The van der Waals surface area contributed by atoms with E-state index in [1.54, 1.807) is 12.3 Å². The summed E-state index contributed by atoms with van der Waals surface area (Å²) in [4.78, 5) is 31.4. The highest BCUT2D eigenvalue weighted by Gasteiger charge is 2.29. The molecule has 0 unspecified atom stereocenters. The summed E-state index contributed by atoms with van der Waals surface area (Å²) < 4.78 is 2.19. The van der Waals surface area contributed by atoms with Gasteiger partial charge in [0.15, 0.2) is 0 Å². The molecule has 0 bridgehead atoms. The fourth-order valence-corrected chi connectivity index (χ4v) is 3.97. The summed E-state index contributed by atoms with van der Waals surface area (Å²) in [6, 6.07) is 7.75. The number of carbonyl (C=O) groups excluding carboxylic acids is 2. The lowest BCUT2D eigenvalue weighted by atomic mass is 9.95. The molecule has 1 N–H and O–H groups in total. The van der Waals surface area contributed by atoms with Crippen LogP contribution in [0.4, 0.5) is 5.82 Å². The average Bonchev–Trinajstić information content (AvgIpc) is 2.96. The molecule has 2 aromatic rings. The predicted octanol–water partition coefficient (Wildman–Crippen LogP) is 3.57. The molecule has 2 aromatic heterocycles. The second kappa shape index (κ2) is 7.94. The lowest BCUT2D eigenvalue weighted by molar-refractivity contribution is -0.121. The van der Waals surface area contributed by atoms with Crippen LogP contribution in [0.2, 0.25) is 0 Å². The Kier molecular flexibility index (Phi) is 5.63. The highest BCUT2D eigenvalue weighted by molar-refractivity contribution is 5.96. The van der Waals surface area contributed by atoms with Gasteiger partial charge in [0.25, 0.3) is 5.91 Å². The van der Waals surface area contributed by atoms with E-state index in [-0.39, 0.29) is 17.7 Å². The number of hydrogen-bond donors (Lipinski definition) is 1. The van der Waals surface area contributed by atoms with Gasteiger partial charge in [-0.05, 0) is 58.7 Å². The summed E-state index contributed by atoms with van der Waals surface area (Å²) in [5.41, 5.74) is 2.90. The van der Waals surface area contributed by atoms with E-state index in [0.29, 0.717) is 37.8 Å². The van der Waals surface area contributed by atoms with Crippen molar-refractivity contribution in [1.82, 2.24) is 14.5 Å². The molecular weight excluding hydrogens is 340 g/mol. The standard InChI is InChI=1S/C21H28N4O2/c1-14(2)25-15(3)13-18(16(25)4)21(27)24-11-8-17(9-12-24)20(26)23-19-7-5-6-10-22-19/h5-7,10,13-14,17H,8-9,11-12H2,1-4H3,(H,22,23,26). The quantitative estimate of drug-likeness (QED) is 0.897. The van der Waals surface area contributed by atoms with Gasteiger partial charge in [-0.1, -0.05) is 6.07 Å². The molecule has 144 valence electrons.